The molecule has 0 fully saturated rings. The van der Waals surface area contributed by atoms with Gasteiger partial charge in [-0.15, -0.1) is 0 Å². The summed E-state index contributed by atoms with van der Waals surface area (Å²) < 4.78 is 25.8. The van der Waals surface area contributed by atoms with Gasteiger partial charge >= 0.3 is 0 Å². The normalized spacial score (nSPS) is 16.1. The summed E-state index contributed by atoms with van der Waals surface area (Å²) in [6, 6.07) is 3.64. The van der Waals surface area contributed by atoms with Gasteiger partial charge in [0.15, 0.2) is 16.7 Å². The number of nitrogens with zero attached hydrogens (tertiary/aromatic N) is 2. The number of amides is 1. The van der Waals surface area contributed by atoms with E-state index < -0.39 is 28.3 Å². The van der Waals surface area contributed by atoms with E-state index in [4.69, 9.17) is 5.26 Å². The Kier molecular flexibility index (Phi) is 3.64. The van der Waals surface area contributed by atoms with Crippen molar-refractivity contribution >= 4 is 33.2 Å². The van der Waals surface area contributed by atoms with Crippen molar-refractivity contribution in [3.63, 3.8) is 0 Å². The number of hydrogen-bond donors (Lipinski definition) is 2. The number of aromatic nitrogens is 1. The highest BCUT2D eigenvalue weighted by molar-refractivity contribution is 7.87. The standard InChI is InChI=1S/C13H8FN3O3S2/c14-8-4-6(5-15)3-7(10(8)18)11(19)17-13-16-9-1-2-22(20)12(9)21-13/h3-4,18H,1-2H2,(H,16,17,19). The number of phenols is 1. The van der Waals surface area contributed by atoms with Crippen molar-refractivity contribution in [3.8, 4) is 11.8 Å². The summed E-state index contributed by atoms with van der Waals surface area (Å²) in [5.41, 5.74) is 0.246. The Morgan fingerprint density at radius 1 is 1.55 bits per heavy atom. The fourth-order valence-electron chi connectivity index (χ4n) is 2.01. The van der Waals surface area contributed by atoms with Crippen LogP contribution in [0.15, 0.2) is 16.3 Å². The molecular formula is C13H8FN3O3S2. The SMILES string of the molecule is N#Cc1cc(F)c(O)c(C(=O)Nc2nc3c(s2)S(=O)CC3)c1. The number of aromatic hydroxyl groups is 1. The Balaban J connectivity index is 1.90. The molecule has 0 spiro atoms. The van der Waals surface area contributed by atoms with E-state index in [1.54, 1.807) is 6.07 Å². The van der Waals surface area contributed by atoms with Crippen LogP contribution in [0.4, 0.5) is 9.52 Å². The maximum absolute atomic E-state index is 13.5. The highest BCUT2D eigenvalue weighted by Crippen LogP contribution is 2.32. The number of carbonyl (C=O) groups is 1. The molecule has 2 aromatic rings. The summed E-state index contributed by atoms with van der Waals surface area (Å²) in [6.07, 6.45) is 0.581. The number of benzene rings is 1. The Bertz CT molecular complexity index is 857. The van der Waals surface area contributed by atoms with Gasteiger partial charge in [-0.25, -0.2) is 9.37 Å². The van der Waals surface area contributed by atoms with Crippen LogP contribution in [0.3, 0.4) is 0 Å². The zero-order valence-corrected chi connectivity index (χ0v) is 12.6. The van der Waals surface area contributed by atoms with Crippen LogP contribution >= 0.6 is 11.3 Å². The Morgan fingerprint density at radius 3 is 3.00 bits per heavy atom. The summed E-state index contributed by atoms with van der Waals surface area (Å²) >= 11 is 1.09. The van der Waals surface area contributed by atoms with Gasteiger partial charge in [0.05, 0.1) is 33.7 Å². The monoisotopic (exact) mass is 337 g/mol. The zero-order valence-electron chi connectivity index (χ0n) is 10.9. The third kappa shape index (κ3) is 2.47. The average Bonchev–Trinajstić information content (AvgIpc) is 3.03. The summed E-state index contributed by atoms with van der Waals surface area (Å²) in [7, 11) is -1.10. The number of nitrogens with one attached hydrogen (secondary N) is 1. The molecule has 1 atom stereocenters. The number of fused-ring (bicyclic) bond motifs is 1. The van der Waals surface area contributed by atoms with E-state index in [0.717, 1.165) is 23.5 Å². The van der Waals surface area contributed by atoms with Crippen molar-refractivity contribution in [2.45, 2.75) is 10.6 Å². The van der Waals surface area contributed by atoms with Crippen LogP contribution in [-0.4, -0.2) is 26.0 Å². The molecular weight excluding hydrogens is 329 g/mol. The van der Waals surface area contributed by atoms with Gasteiger partial charge in [-0.3, -0.25) is 14.3 Å². The highest BCUT2D eigenvalue weighted by atomic mass is 32.2. The third-order valence-electron chi connectivity index (χ3n) is 3.05. The minimum Gasteiger partial charge on any atom is -0.504 e. The number of hydrogen-bond acceptors (Lipinski definition) is 6. The van der Waals surface area contributed by atoms with Crippen molar-refractivity contribution in [2.75, 3.05) is 11.1 Å². The number of phenolic OH excluding ortho intramolecular Hbond substituents is 1. The van der Waals surface area contributed by atoms with Crippen molar-refractivity contribution in [2.24, 2.45) is 0 Å². The lowest BCUT2D eigenvalue weighted by atomic mass is 10.1. The van der Waals surface area contributed by atoms with Gasteiger partial charge in [-0.1, -0.05) is 11.3 Å². The first kappa shape index (κ1) is 14.6. The number of rotatable bonds is 2. The van der Waals surface area contributed by atoms with Crippen molar-refractivity contribution in [3.05, 3.63) is 34.8 Å². The lowest BCUT2D eigenvalue weighted by Crippen LogP contribution is -2.13. The van der Waals surface area contributed by atoms with Gasteiger partial charge in [0, 0.05) is 12.2 Å². The van der Waals surface area contributed by atoms with E-state index >= 15 is 0 Å². The molecule has 0 radical (unpaired) electrons. The van der Waals surface area contributed by atoms with Gasteiger partial charge < -0.3 is 5.11 Å². The van der Waals surface area contributed by atoms with E-state index in [-0.39, 0.29) is 16.3 Å². The molecule has 2 N–H and O–H groups in total. The lowest BCUT2D eigenvalue weighted by Gasteiger charge is -2.05. The smallest absolute Gasteiger partial charge is 0.261 e. The van der Waals surface area contributed by atoms with Gasteiger partial charge in [-0.2, -0.15) is 5.26 Å². The predicted molar refractivity (Wildman–Crippen MR) is 77.8 cm³/mol. The minimum absolute atomic E-state index is 0.0804. The molecule has 1 aliphatic heterocycles. The van der Waals surface area contributed by atoms with Crippen molar-refractivity contribution < 1.29 is 18.5 Å². The molecule has 0 bridgehead atoms. The van der Waals surface area contributed by atoms with Crippen LogP contribution in [0.2, 0.25) is 0 Å². The quantitative estimate of drug-likeness (QED) is 0.869. The van der Waals surface area contributed by atoms with Gasteiger partial charge in [0.2, 0.25) is 0 Å². The Hall–Kier alpha value is -2.31. The summed E-state index contributed by atoms with van der Waals surface area (Å²) in [6.45, 7) is 0. The van der Waals surface area contributed by atoms with E-state index in [9.17, 15) is 18.5 Å². The average molecular weight is 337 g/mol. The van der Waals surface area contributed by atoms with E-state index in [1.807, 2.05) is 0 Å². The molecule has 3 rings (SSSR count). The van der Waals surface area contributed by atoms with Gasteiger partial charge in [-0.05, 0) is 12.1 Å². The summed E-state index contributed by atoms with van der Waals surface area (Å²) in [5.74, 6) is -2.14. The minimum atomic E-state index is -1.10. The van der Waals surface area contributed by atoms with Crippen LogP contribution < -0.4 is 5.32 Å². The molecule has 1 amide bonds. The lowest BCUT2D eigenvalue weighted by molar-refractivity contribution is 0.102. The fourth-order valence-corrected chi connectivity index (χ4v) is 4.58. The number of aryl methyl sites for hydroxylation is 1. The number of halogens is 1. The number of nitriles is 1. The maximum atomic E-state index is 13.5. The second-order valence-corrected chi connectivity index (χ2v) is 7.24. The van der Waals surface area contributed by atoms with Crippen molar-refractivity contribution in [1.82, 2.24) is 4.98 Å². The maximum Gasteiger partial charge on any atom is 0.261 e. The molecule has 1 unspecified atom stereocenters. The van der Waals surface area contributed by atoms with E-state index in [0.29, 0.717) is 22.1 Å². The van der Waals surface area contributed by atoms with E-state index in [2.05, 4.69) is 10.3 Å². The number of carbonyl (C=O) groups excluding carboxylic acids is 1. The number of anilines is 1. The second kappa shape index (κ2) is 5.47. The molecule has 1 aromatic heterocycles. The fraction of sp³-hybridized carbons (Fsp3) is 0.154. The van der Waals surface area contributed by atoms with Crippen LogP contribution in [-0.2, 0) is 17.2 Å². The van der Waals surface area contributed by atoms with Crippen LogP contribution in [0, 0.1) is 17.1 Å². The molecule has 0 saturated carbocycles. The first-order valence-corrected chi connectivity index (χ1v) is 8.25. The first-order valence-electron chi connectivity index (χ1n) is 6.11. The highest BCUT2D eigenvalue weighted by Gasteiger charge is 2.25. The second-order valence-electron chi connectivity index (χ2n) is 4.47. The topological polar surface area (TPSA) is 103 Å². The molecule has 112 valence electrons. The van der Waals surface area contributed by atoms with Gasteiger partial charge in [0.1, 0.15) is 4.21 Å². The summed E-state index contributed by atoms with van der Waals surface area (Å²) in [5, 5.41) is 21.1. The molecule has 1 aliphatic rings. The summed E-state index contributed by atoms with van der Waals surface area (Å²) in [4.78, 5) is 16.3. The van der Waals surface area contributed by atoms with Crippen LogP contribution in [0.1, 0.15) is 21.6 Å². The molecule has 2 heterocycles. The zero-order chi connectivity index (χ0) is 15.9. The number of thiazole rings is 1. The predicted octanol–water partition coefficient (Wildman–Crippen LogP) is 1.78. The third-order valence-corrected chi connectivity index (χ3v) is 5.89. The molecule has 6 nitrogen and oxygen atoms in total. The van der Waals surface area contributed by atoms with Crippen molar-refractivity contribution in [1.29, 1.82) is 5.26 Å². The molecule has 1 aromatic carbocycles. The molecule has 0 aliphatic carbocycles. The van der Waals surface area contributed by atoms with Crippen LogP contribution in [0.25, 0.3) is 0 Å². The molecule has 0 saturated heterocycles. The van der Waals surface area contributed by atoms with Gasteiger partial charge in [0.25, 0.3) is 5.91 Å². The Labute approximate surface area is 130 Å². The van der Waals surface area contributed by atoms with E-state index in [1.165, 1.54) is 0 Å². The van der Waals surface area contributed by atoms with Crippen LogP contribution in [0.5, 0.6) is 5.75 Å². The molecule has 22 heavy (non-hydrogen) atoms. The largest absolute Gasteiger partial charge is 0.504 e. The Morgan fingerprint density at radius 2 is 2.32 bits per heavy atom. The molecule has 9 heteroatoms. The first-order chi connectivity index (χ1) is 10.5.